The highest BCUT2D eigenvalue weighted by molar-refractivity contribution is 6.30. The Hall–Kier alpha value is -1.35. The molecule has 0 saturated carbocycles. The van der Waals surface area contributed by atoms with Gasteiger partial charge in [0.25, 0.3) is 0 Å². The van der Waals surface area contributed by atoms with Gasteiger partial charge in [0.2, 0.25) is 0 Å². The third kappa shape index (κ3) is 4.60. The number of nitrogens with zero attached hydrogens (tertiary/aromatic N) is 1. The van der Waals surface area contributed by atoms with Gasteiger partial charge >= 0.3 is 0 Å². The minimum absolute atomic E-state index is 0.228. The Morgan fingerprint density at radius 1 is 1.00 bits per heavy atom. The average molecular weight is 343 g/mol. The average Bonchev–Trinajstić information content (AvgIpc) is 2.63. The van der Waals surface area contributed by atoms with Crippen LogP contribution in [-0.2, 0) is 0 Å². The summed E-state index contributed by atoms with van der Waals surface area (Å²) in [5.41, 5.74) is 2.59. The third-order valence-corrected chi connectivity index (χ3v) is 5.12. The molecule has 1 aliphatic heterocycles. The number of halogens is 1. The summed E-state index contributed by atoms with van der Waals surface area (Å²) < 4.78 is 0. The number of likely N-dealkylation sites (tertiary alicyclic amines) is 1. The molecule has 0 aromatic heterocycles. The van der Waals surface area contributed by atoms with Crippen LogP contribution in [-0.4, -0.2) is 30.6 Å². The van der Waals surface area contributed by atoms with Crippen LogP contribution in [0.1, 0.15) is 43.4 Å². The van der Waals surface area contributed by atoms with Gasteiger partial charge in [-0.2, -0.15) is 0 Å². The van der Waals surface area contributed by atoms with Crippen LogP contribution < -0.4 is 5.32 Å². The van der Waals surface area contributed by atoms with E-state index in [9.17, 15) is 0 Å². The fraction of sp³-hybridized carbons (Fsp3) is 0.429. The SMILES string of the molecule is CCCN1CCC(N[C@@H](c2ccccc2)c2ccc(Cl)cc2)CC1. The highest BCUT2D eigenvalue weighted by Crippen LogP contribution is 2.25. The summed E-state index contributed by atoms with van der Waals surface area (Å²) in [6.07, 6.45) is 3.68. The van der Waals surface area contributed by atoms with Crippen molar-refractivity contribution >= 4 is 11.6 Å². The lowest BCUT2D eigenvalue weighted by Gasteiger charge is -2.34. The molecule has 1 heterocycles. The smallest absolute Gasteiger partial charge is 0.0578 e. The molecule has 0 unspecified atom stereocenters. The van der Waals surface area contributed by atoms with Crippen molar-refractivity contribution in [2.24, 2.45) is 0 Å². The quantitative estimate of drug-likeness (QED) is 0.803. The maximum Gasteiger partial charge on any atom is 0.0578 e. The van der Waals surface area contributed by atoms with Crippen LogP contribution in [0, 0.1) is 0 Å². The molecule has 0 bridgehead atoms. The van der Waals surface area contributed by atoms with Gasteiger partial charge in [-0.15, -0.1) is 0 Å². The van der Waals surface area contributed by atoms with Gasteiger partial charge in [-0.25, -0.2) is 0 Å². The van der Waals surface area contributed by atoms with Gasteiger partial charge in [-0.1, -0.05) is 61.0 Å². The molecule has 2 aromatic carbocycles. The lowest BCUT2D eigenvalue weighted by atomic mass is 9.95. The maximum atomic E-state index is 6.07. The summed E-state index contributed by atoms with van der Waals surface area (Å²) in [6.45, 7) is 5.89. The van der Waals surface area contributed by atoms with E-state index in [1.54, 1.807) is 0 Å². The first-order valence-corrected chi connectivity index (χ1v) is 9.43. The van der Waals surface area contributed by atoms with Crippen molar-refractivity contribution in [2.45, 2.75) is 38.3 Å². The minimum Gasteiger partial charge on any atom is -0.303 e. The van der Waals surface area contributed by atoms with E-state index in [0.717, 1.165) is 5.02 Å². The van der Waals surface area contributed by atoms with Gasteiger partial charge in [0, 0.05) is 11.1 Å². The van der Waals surface area contributed by atoms with Gasteiger partial charge in [0.1, 0.15) is 0 Å². The molecule has 0 amide bonds. The molecule has 2 nitrogen and oxygen atoms in total. The fourth-order valence-corrected chi connectivity index (χ4v) is 3.69. The van der Waals surface area contributed by atoms with Crippen molar-refractivity contribution in [3.05, 3.63) is 70.7 Å². The van der Waals surface area contributed by atoms with Gasteiger partial charge < -0.3 is 10.2 Å². The number of hydrogen-bond donors (Lipinski definition) is 1. The van der Waals surface area contributed by atoms with Crippen molar-refractivity contribution in [3.8, 4) is 0 Å². The first-order chi connectivity index (χ1) is 11.8. The second-order valence-corrected chi connectivity index (χ2v) is 7.11. The molecule has 3 rings (SSSR count). The summed E-state index contributed by atoms with van der Waals surface area (Å²) in [7, 11) is 0. The Labute approximate surface area is 150 Å². The number of hydrogen-bond acceptors (Lipinski definition) is 2. The van der Waals surface area contributed by atoms with Crippen LogP contribution in [0.15, 0.2) is 54.6 Å². The molecule has 0 aliphatic carbocycles. The van der Waals surface area contributed by atoms with Crippen molar-refractivity contribution < 1.29 is 0 Å². The summed E-state index contributed by atoms with van der Waals surface area (Å²) in [5.74, 6) is 0. The predicted octanol–water partition coefficient (Wildman–Crippen LogP) is 4.89. The first kappa shape index (κ1) is 17.5. The number of rotatable bonds is 6. The standard InChI is InChI=1S/C21H27ClN2/c1-2-14-24-15-12-20(13-16-24)23-21(17-6-4-3-5-7-17)18-8-10-19(22)11-9-18/h3-11,20-21,23H,2,12-16H2,1H3/t21-/m0/s1. The highest BCUT2D eigenvalue weighted by Gasteiger charge is 2.23. The number of nitrogens with one attached hydrogen (secondary N) is 1. The Morgan fingerprint density at radius 3 is 2.25 bits per heavy atom. The van der Waals surface area contributed by atoms with E-state index >= 15 is 0 Å². The van der Waals surface area contributed by atoms with E-state index in [4.69, 9.17) is 11.6 Å². The van der Waals surface area contributed by atoms with Gasteiger partial charge in [-0.05, 0) is 62.2 Å². The normalized spacial score (nSPS) is 17.8. The van der Waals surface area contributed by atoms with E-state index in [0.29, 0.717) is 6.04 Å². The Morgan fingerprint density at radius 2 is 1.62 bits per heavy atom. The van der Waals surface area contributed by atoms with E-state index in [-0.39, 0.29) is 6.04 Å². The fourth-order valence-electron chi connectivity index (χ4n) is 3.56. The van der Waals surface area contributed by atoms with Gasteiger partial charge in [0.05, 0.1) is 6.04 Å². The molecule has 3 heteroatoms. The van der Waals surface area contributed by atoms with Crippen molar-refractivity contribution in [2.75, 3.05) is 19.6 Å². The van der Waals surface area contributed by atoms with Gasteiger partial charge in [-0.3, -0.25) is 0 Å². The van der Waals surface area contributed by atoms with Crippen LogP contribution in [0.2, 0.25) is 5.02 Å². The zero-order valence-electron chi connectivity index (χ0n) is 14.4. The van der Waals surface area contributed by atoms with E-state index in [1.165, 1.54) is 50.0 Å². The molecule has 2 aromatic rings. The van der Waals surface area contributed by atoms with Crippen molar-refractivity contribution in [3.63, 3.8) is 0 Å². The molecule has 1 fully saturated rings. The zero-order chi connectivity index (χ0) is 16.8. The number of piperidine rings is 1. The number of benzene rings is 2. The molecular weight excluding hydrogens is 316 g/mol. The monoisotopic (exact) mass is 342 g/mol. The summed E-state index contributed by atoms with van der Waals surface area (Å²) in [4.78, 5) is 2.58. The van der Waals surface area contributed by atoms with Crippen LogP contribution in [0.25, 0.3) is 0 Å². The van der Waals surface area contributed by atoms with E-state index in [2.05, 4.69) is 59.6 Å². The first-order valence-electron chi connectivity index (χ1n) is 9.05. The summed E-state index contributed by atoms with van der Waals surface area (Å²) in [5, 5.41) is 4.69. The van der Waals surface area contributed by atoms with Crippen LogP contribution in [0.3, 0.4) is 0 Å². The van der Waals surface area contributed by atoms with Crippen molar-refractivity contribution in [1.82, 2.24) is 10.2 Å². The summed E-state index contributed by atoms with van der Waals surface area (Å²) in [6, 6.07) is 19.8. The predicted molar refractivity (Wildman–Crippen MR) is 103 cm³/mol. The minimum atomic E-state index is 0.228. The van der Waals surface area contributed by atoms with E-state index in [1.807, 2.05) is 12.1 Å². The maximum absolute atomic E-state index is 6.07. The molecular formula is C21H27ClN2. The highest BCUT2D eigenvalue weighted by atomic mass is 35.5. The molecule has 1 atom stereocenters. The third-order valence-electron chi connectivity index (χ3n) is 4.87. The molecule has 1 N–H and O–H groups in total. The molecule has 24 heavy (non-hydrogen) atoms. The van der Waals surface area contributed by atoms with Gasteiger partial charge in [0.15, 0.2) is 0 Å². The van der Waals surface area contributed by atoms with E-state index < -0.39 is 0 Å². The lowest BCUT2D eigenvalue weighted by Crippen LogP contribution is -2.44. The molecule has 0 spiro atoms. The van der Waals surface area contributed by atoms with Crippen molar-refractivity contribution in [1.29, 1.82) is 0 Å². The Kier molecular flexibility index (Phi) is 6.30. The largest absolute Gasteiger partial charge is 0.303 e. The molecule has 128 valence electrons. The lowest BCUT2D eigenvalue weighted by molar-refractivity contribution is 0.194. The Balaban J connectivity index is 1.73. The zero-order valence-corrected chi connectivity index (χ0v) is 15.2. The Bertz CT molecular complexity index is 603. The van der Waals surface area contributed by atoms with Crippen LogP contribution >= 0.6 is 11.6 Å². The molecule has 0 radical (unpaired) electrons. The second kappa shape index (κ2) is 8.66. The van der Waals surface area contributed by atoms with Crippen LogP contribution in [0.5, 0.6) is 0 Å². The topological polar surface area (TPSA) is 15.3 Å². The molecule has 1 saturated heterocycles. The molecule has 1 aliphatic rings. The van der Waals surface area contributed by atoms with Crippen LogP contribution in [0.4, 0.5) is 0 Å². The second-order valence-electron chi connectivity index (χ2n) is 6.68. The summed E-state index contributed by atoms with van der Waals surface area (Å²) >= 11 is 6.07.